The fourth-order valence-corrected chi connectivity index (χ4v) is 4.38. The Morgan fingerprint density at radius 1 is 0.933 bits per heavy atom. The Balaban J connectivity index is 1.96. The van der Waals surface area contributed by atoms with E-state index in [2.05, 4.69) is 5.10 Å². The molecule has 0 spiro atoms. The normalized spacial score (nSPS) is 15.8. The quantitative estimate of drug-likeness (QED) is 0.551. The molecule has 4 nitrogen and oxygen atoms in total. The number of hydrazone groups is 1. The standard InChI is InChI=1S/C18H13ClF6N2O2S/c19-15-8-3-11(10-14(15)18(23,24)25)16-2-1-9-27(26-16)30(28,29)13-6-4-12(5-7-13)17(20,21)22/h3-8,10H,1-2,9H2. The molecule has 3 rings (SSSR count). The fourth-order valence-electron chi connectivity index (χ4n) is 2.85. The molecular weight excluding hydrogens is 458 g/mol. The van der Waals surface area contributed by atoms with E-state index >= 15 is 0 Å². The minimum absolute atomic E-state index is 0.0547. The van der Waals surface area contributed by atoms with Crippen LogP contribution in [0.3, 0.4) is 0 Å². The number of halogens is 7. The molecule has 0 atom stereocenters. The molecule has 0 aromatic heterocycles. The lowest BCUT2D eigenvalue weighted by Gasteiger charge is -2.25. The van der Waals surface area contributed by atoms with Crippen molar-refractivity contribution in [1.29, 1.82) is 0 Å². The number of sulfonamides is 1. The molecule has 0 saturated carbocycles. The highest BCUT2D eigenvalue weighted by Crippen LogP contribution is 2.36. The number of alkyl halides is 6. The first-order valence-electron chi connectivity index (χ1n) is 8.45. The molecule has 0 amide bonds. The summed E-state index contributed by atoms with van der Waals surface area (Å²) in [6, 6.07) is 6.02. The zero-order chi connectivity index (χ0) is 22.3. The maximum atomic E-state index is 13.1. The van der Waals surface area contributed by atoms with E-state index in [0.29, 0.717) is 16.5 Å². The minimum atomic E-state index is -4.70. The van der Waals surface area contributed by atoms with Gasteiger partial charge in [-0.2, -0.15) is 44.3 Å². The molecule has 162 valence electrons. The van der Waals surface area contributed by atoms with Gasteiger partial charge in [-0.05, 0) is 54.8 Å². The number of rotatable bonds is 3. The second-order valence-electron chi connectivity index (χ2n) is 6.42. The summed E-state index contributed by atoms with van der Waals surface area (Å²) in [4.78, 5) is -0.410. The van der Waals surface area contributed by atoms with Crippen LogP contribution >= 0.6 is 11.6 Å². The number of hydrogen-bond donors (Lipinski definition) is 0. The molecular formula is C18H13ClF6N2O2S. The van der Waals surface area contributed by atoms with Crippen LogP contribution < -0.4 is 0 Å². The summed E-state index contributed by atoms with van der Waals surface area (Å²) < 4.78 is 103. The summed E-state index contributed by atoms with van der Waals surface area (Å²) in [5.74, 6) is 0. The van der Waals surface area contributed by atoms with Crippen LogP contribution in [0.1, 0.15) is 29.5 Å². The number of benzene rings is 2. The Morgan fingerprint density at radius 2 is 1.57 bits per heavy atom. The van der Waals surface area contributed by atoms with Crippen LogP contribution in [0.25, 0.3) is 0 Å². The summed E-state index contributed by atoms with van der Waals surface area (Å²) in [6.45, 7) is -0.0629. The van der Waals surface area contributed by atoms with Gasteiger partial charge in [0.15, 0.2) is 0 Å². The Hall–Kier alpha value is -2.27. The average molecular weight is 471 g/mol. The van der Waals surface area contributed by atoms with Crippen molar-refractivity contribution in [2.24, 2.45) is 5.10 Å². The molecule has 30 heavy (non-hydrogen) atoms. The SMILES string of the molecule is O=S(=O)(c1ccc(C(F)(F)F)cc1)N1CCCC(c2ccc(Cl)c(C(F)(F)F)c2)=N1. The van der Waals surface area contributed by atoms with Crippen molar-refractivity contribution >= 4 is 27.3 Å². The minimum Gasteiger partial charge on any atom is -0.200 e. The molecule has 0 fully saturated rings. The molecule has 0 unspecified atom stereocenters. The second-order valence-corrected chi connectivity index (χ2v) is 8.67. The van der Waals surface area contributed by atoms with Gasteiger partial charge in [0.25, 0.3) is 10.0 Å². The van der Waals surface area contributed by atoms with Crippen LogP contribution in [0.2, 0.25) is 5.02 Å². The summed E-state index contributed by atoms with van der Waals surface area (Å²) in [5.41, 5.74) is -1.94. The van der Waals surface area contributed by atoms with Crippen LogP contribution in [0, 0.1) is 0 Å². The molecule has 2 aromatic carbocycles. The Morgan fingerprint density at radius 3 is 2.13 bits per heavy atom. The molecule has 0 bridgehead atoms. The predicted molar refractivity (Wildman–Crippen MR) is 97.6 cm³/mol. The summed E-state index contributed by atoms with van der Waals surface area (Å²) in [7, 11) is -4.28. The lowest BCUT2D eigenvalue weighted by molar-refractivity contribution is -0.138. The van der Waals surface area contributed by atoms with Crippen molar-refractivity contribution in [2.45, 2.75) is 30.1 Å². The maximum Gasteiger partial charge on any atom is 0.417 e. The second kappa shape index (κ2) is 7.77. The molecule has 0 N–H and O–H groups in total. The van der Waals surface area contributed by atoms with E-state index in [9.17, 15) is 34.8 Å². The van der Waals surface area contributed by atoms with Crippen molar-refractivity contribution in [3.8, 4) is 0 Å². The van der Waals surface area contributed by atoms with Crippen molar-refractivity contribution in [3.05, 3.63) is 64.2 Å². The van der Waals surface area contributed by atoms with Crippen molar-refractivity contribution in [1.82, 2.24) is 4.41 Å². The molecule has 1 heterocycles. The van der Waals surface area contributed by atoms with Gasteiger partial charge in [0.2, 0.25) is 0 Å². The molecule has 12 heteroatoms. The van der Waals surface area contributed by atoms with Crippen LogP contribution in [-0.4, -0.2) is 25.1 Å². The first kappa shape index (κ1) is 22.4. The fraction of sp³-hybridized carbons (Fsp3) is 0.278. The van der Waals surface area contributed by atoms with Crippen LogP contribution in [-0.2, 0) is 22.4 Å². The van der Waals surface area contributed by atoms with E-state index in [1.165, 1.54) is 6.07 Å². The van der Waals surface area contributed by atoms with E-state index in [0.717, 1.165) is 24.3 Å². The zero-order valence-electron chi connectivity index (χ0n) is 14.9. The Bertz CT molecular complexity index is 1080. The lowest BCUT2D eigenvalue weighted by Crippen LogP contribution is -2.32. The van der Waals surface area contributed by atoms with E-state index in [4.69, 9.17) is 11.6 Å². The van der Waals surface area contributed by atoms with Gasteiger partial charge in [-0.1, -0.05) is 17.7 Å². The molecule has 0 saturated heterocycles. The first-order valence-corrected chi connectivity index (χ1v) is 10.3. The van der Waals surface area contributed by atoms with Gasteiger partial charge in [0.05, 0.1) is 33.3 Å². The predicted octanol–water partition coefficient (Wildman–Crippen LogP) is 5.57. The molecule has 0 radical (unpaired) electrons. The average Bonchev–Trinajstić information content (AvgIpc) is 2.67. The highest BCUT2D eigenvalue weighted by molar-refractivity contribution is 7.89. The van der Waals surface area contributed by atoms with Gasteiger partial charge in [0, 0.05) is 0 Å². The van der Waals surface area contributed by atoms with Gasteiger partial charge in [-0.15, -0.1) is 0 Å². The largest absolute Gasteiger partial charge is 0.417 e. The van der Waals surface area contributed by atoms with Gasteiger partial charge >= 0.3 is 12.4 Å². The smallest absolute Gasteiger partial charge is 0.200 e. The summed E-state index contributed by atoms with van der Waals surface area (Å²) >= 11 is 5.60. The third kappa shape index (κ3) is 4.56. The van der Waals surface area contributed by atoms with E-state index < -0.39 is 43.4 Å². The van der Waals surface area contributed by atoms with Crippen molar-refractivity contribution < 1.29 is 34.8 Å². The van der Waals surface area contributed by atoms with Crippen LogP contribution in [0.4, 0.5) is 26.3 Å². The van der Waals surface area contributed by atoms with Gasteiger partial charge in [0.1, 0.15) is 0 Å². The van der Waals surface area contributed by atoms with Crippen molar-refractivity contribution in [2.75, 3.05) is 6.54 Å². The highest BCUT2D eigenvalue weighted by Gasteiger charge is 2.35. The van der Waals surface area contributed by atoms with Gasteiger partial charge in [-0.25, -0.2) is 0 Å². The highest BCUT2D eigenvalue weighted by atomic mass is 35.5. The third-order valence-corrected chi connectivity index (χ3v) is 6.37. The van der Waals surface area contributed by atoms with Crippen LogP contribution in [0.15, 0.2) is 52.5 Å². The van der Waals surface area contributed by atoms with Gasteiger partial charge in [-0.3, -0.25) is 0 Å². The lowest BCUT2D eigenvalue weighted by atomic mass is 10.0. The van der Waals surface area contributed by atoms with Gasteiger partial charge < -0.3 is 0 Å². The maximum absolute atomic E-state index is 13.1. The van der Waals surface area contributed by atoms with E-state index in [-0.39, 0.29) is 30.7 Å². The zero-order valence-corrected chi connectivity index (χ0v) is 16.5. The monoisotopic (exact) mass is 470 g/mol. The van der Waals surface area contributed by atoms with Crippen molar-refractivity contribution in [3.63, 3.8) is 0 Å². The molecule has 2 aromatic rings. The molecule has 0 aliphatic carbocycles. The number of hydrogen-bond acceptors (Lipinski definition) is 3. The molecule has 1 aliphatic heterocycles. The summed E-state index contributed by atoms with van der Waals surface area (Å²) in [6.07, 6.45) is -8.83. The first-order chi connectivity index (χ1) is 13.8. The summed E-state index contributed by atoms with van der Waals surface area (Å²) in [5, 5.41) is 3.45. The molecule has 1 aliphatic rings. The Kier molecular flexibility index (Phi) is 5.80. The third-order valence-electron chi connectivity index (χ3n) is 4.36. The Labute approximate surface area is 172 Å². The van der Waals surface area contributed by atoms with E-state index in [1.807, 2.05) is 0 Å². The van der Waals surface area contributed by atoms with Crippen LogP contribution in [0.5, 0.6) is 0 Å². The topological polar surface area (TPSA) is 49.7 Å². The van der Waals surface area contributed by atoms with E-state index in [1.54, 1.807) is 0 Å². The number of nitrogens with zero attached hydrogens (tertiary/aromatic N) is 2.